The van der Waals surface area contributed by atoms with Crippen molar-refractivity contribution >= 4 is 0 Å². The van der Waals surface area contributed by atoms with E-state index in [0.29, 0.717) is 6.54 Å². The molecule has 2 heterocycles. The molecule has 1 aliphatic heterocycles. The van der Waals surface area contributed by atoms with Gasteiger partial charge in [0.05, 0.1) is 30.3 Å². The lowest BCUT2D eigenvalue weighted by Crippen LogP contribution is -2.44. The largest absolute Gasteiger partial charge is 0.374 e. The fourth-order valence-corrected chi connectivity index (χ4v) is 2.41. The summed E-state index contributed by atoms with van der Waals surface area (Å²) in [6.07, 6.45) is 2.06. The summed E-state index contributed by atoms with van der Waals surface area (Å²) < 4.78 is 5.72. The highest BCUT2D eigenvalue weighted by Gasteiger charge is 2.17. The van der Waals surface area contributed by atoms with Crippen molar-refractivity contribution in [3.63, 3.8) is 0 Å². The quantitative estimate of drug-likeness (QED) is 0.877. The average Bonchev–Trinajstić information content (AvgIpc) is 2.97. The van der Waals surface area contributed by atoms with E-state index in [2.05, 4.69) is 27.5 Å². The normalized spacial score (nSPS) is 19.8. The Morgan fingerprint density at radius 2 is 2.19 bits per heavy atom. The average molecular weight is 287 g/mol. The highest BCUT2D eigenvalue weighted by Crippen LogP contribution is 2.05. The van der Waals surface area contributed by atoms with Crippen LogP contribution in [0.4, 0.5) is 0 Å². The van der Waals surface area contributed by atoms with Gasteiger partial charge >= 0.3 is 0 Å². The molecule has 1 aromatic heterocycles. The van der Waals surface area contributed by atoms with Crippen LogP contribution in [0.5, 0.6) is 0 Å². The molecule has 2 aromatic rings. The second-order valence-corrected chi connectivity index (χ2v) is 5.35. The Balaban J connectivity index is 1.49. The van der Waals surface area contributed by atoms with Gasteiger partial charge in [0.1, 0.15) is 0 Å². The van der Waals surface area contributed by atoms with Crippen LogP contribution in [0.3, 0.4) is 0 Å². The van der Waals surface area contributed by atoms with Crippen molar-refractivity contribution in [3.05, 3.63) is 42.2 Å². The number of likely N-dealkylation sites (N-methyl/N-ethyl adjacent to an activating group) is 1. The lowest BCUT2D eigenvalue weighted by atomic mass is 10.3. The lowest BCUT2D eigenvalue weighted by Gasteiger charge is -2.30. The summed E-state index contributed by atoms with van der Waals surface area (Å²) in [6.45, 7) is 4.34. The van der Waals surface area contributed by atoms with Crippen molar-refractivity contribution in [3.8, 4) is 5.69 Å². The maximum atomic E-state index is 5.72. The van der Waals surface area contributed by atoms with Crippen LogP contribution in [0.2, 0.25) is 0 Å². The molecule has 1 fully saturated rings. The Kier molecular flexibility index (Phi) is 4.59. The molecule has 6 nitrogen and oxygen atoms in total. The first-order valence-electron chi connectivity index (χ1n) is 7.29. The van der Waals surface area contributed by atoms with Gasteiger partial charge < -0.3 is 15.0 Å². The Morgan fingerprint density at radius 3 is 3.00 bits per heavy atom. The molecule has 3 rings (SSSR count). The third-order valence-electron chi connectivity index (χ3n) is 3.55. The Hall–Kier alpha value is -1.76. The van der Waals surface area contributed by atoms with E-state index >= 15 is 0 Å². The SMILES string of the molecule is CN1CCO[C@@H](CNCc2cnn(-c3ccccc3)n2)C1. The molecular formula is C15H21N5O. The van der Waals surface area contributed by atoms with Crippen molar-refractivity contribution in [2.24, 2.45) is 0 Å². The number of para-hydroxylation sites is 1. The van der Waals surface area contributed by atoms with E-state index in [1.54, 1.807) is 11.0 Å². The maximum absolute atomic E-state index is 5.72. The fourth-order valence-electron chi connectivity index (χ4n) is 2.41. The molecule has 1 aliphatic rings. The first-order valence-corrected chi connectivity index (χ1v) is 7.29. The van der Waals surface area contributed by atoms with E-state index < -0.39 is 0 Å². The minimum Gasteiger partial charge on any atom is -0.374 e. The Labute approximate surface area is 124 Å². The molecule has 0 bridgehead atoms. The smallest absolute Gasteiger partial charge is 0.0969 e. The fraction of sp³-hybridized carbons (Fsp3) is 0.467. The summed E-state index contributed by atoms with van der Waals surface area (Å²) in [6, 6.07) is 9.92. The van der Waals surface area contributed by atoms with Crippen molar-refractivity contribution in [2.75, 3.05) is 33.3 Å². The number of nitrogens with one attached hydrogen (secondary N) is 1. The molecular weight excluding hydrogens is 266 g/mol. The molecule has 1 atom stereocenters. The number of rotatable bonds is 5. The number of nitrogens with zero attached hydrogens (tertiary/aromatic N) is 4. The summed E-state index contributed by atoms with van der Waals surface area (Å²) in [5.41, 5.74) is 1.91. The van der Waals surface area contributed by atoms with E-state index in [-0.39, 0.29) is 6.10 Å². The van der Waals surface area contributed by atoms with Crippen LogP contribution < -0.4 is 5.32 Å². The van der Waals surface area contributed by atoms with Crippen LogP contribution in [0.1, 0.15) is 5.69 Å². The van der Waals surface area contributed by atoms with Gasteiger partial charge in [-0.15, -0.1) is 0 Å². The molecule has 112 valence electrons. The topological polar surface area (TPSA) is 55.2 Å². The van der Waals surface area contributed by atoms with Crippen LogP contribution in [-0.4, -0.2) is 59.3 Å². The summed E-state index contributed by atoms with van der Waals surface area (Å²) in [7, 11) is 2.13. The number of benzene rings is 1. The van der Waals surface area contributed by atoms with Gasteiger partial charge in [-0.05, 0) is 19.2 Å². The maximum Gasteiger partial charge on any atom is 0.0969 e. The van der Waals surface area contributed by atoms with Crippen LogP contribution >= 0.6 is 0 Å². The monoisotopic (exact) mass is 287 g/mol. The first-order chi connectivity index (χ1) is 10.3. The zero-order valence-corrected chi connectivity index (χ0v) is 12.3. The zero-order chi connectivity index (χ0) is 14.5. The van der Waals surface area contributed by atoms with Gasteiger partial charge in [0.15, 0.2) is 0 Å². The number of ether oxygens (including phenoxy) is 1. The van der Waals surface area contributed by atoms with Crippen LogP contribution in [0.25, 0.3) is 5.69 Å². The van der Waals surface area contributed by atoms with Crippen molar-refractivity contribution in [1.29, 1.82) is 0 Å². The van der Waals surface area contributed by atoms with E-state index in [9.17, 15) is 0 Å². The van der Waals surface area contributed by atoms with Gasteiger partial charge in [-0.1, -0.05) is 18.2 Å². The highest BCUT2D eigenvalue weighted by molar-refractivity contribution is 5.28. The summed E-state index contributed by atoms with van der Waals surface area (Å²) in [4.78, 5) is 3.95. The second-order valence-electron chi connectivity index (χ2n) is 5.35. The van der Waals surface area contributed by atoms with E-state index in [0.717, 1.165) is 37.6 Å². The van der Waals surface area contributed by atoms with Gasteiger partial charge in [0, 0.05) is 26.2 Å². The molecule has 0 radical (unpaired) electrons. The number of hydrogen-bond acceptors (Lipinski definition) is 5. The minimum absolute atomic E-state index is 0.257. The molecule has 0 unspecified atom stereocenters. The summed E-state index contributed by atoms with van der Waals surface area (Å²) in [5, 5.41) is 12.1. The molecule has 21 heavy (non-hydrogen) atoms. The molecule has 1 N–H and O–H groups in total. The molecule has 0 saturated carbocycles. The molecule has 0 spiro atoms. The van der Waals surface area contributed by atoms with Gasteiger partial charge in [-0.25, -0.2) is 0 Å². The predicted molar refractivity (Wildman–Crippen MR) is 80.3 cm³/mol. The van der Waals surface area contributed by atoms with Crippen LogP contribution in [0, 0.1) is 0 Å². The third kappa shape index (κ3) is 3.87. The zero-order valence-electron chi connectivity index (χ0n) is 12.3. The molecule has 0 aliphatic carbocycles. The van der Waals surface area contributed by atoms with Gasteiger partial charge in [-0.2, -0.15) is 15.0 Å². The number of aromatic nitrogens is 3. The summed E-state index contributed by atoms with van der Waals surface area (Å²) >= 11 is 0. The Morgan fingerprint density at radius 1 is 1.33 bits per heavy atom. The van der Waals surface area contributed by atoms with Crippen LogP contribution in [0.15, 0.2) is 36.5 Å². The lowest BCUT2D eigenvalue weighted by molar-refractivity contribution is -0.0182. The predicted octanol–water partition coefficient (Wildman–Crippen LogP) is 0.687. The molecule has 1 aromatic carbocycles. The van der Waals surface area contributed by atoms with Gasteiger partial charge in [0.2, 0.25) is 0 Å². The van der Waals surface area contributed by atoms with Gasteiger partial charge in [-0.3, -0.25) is 0 Å². The van der Waals surface area contributed by atoms with Crippen LogP contribution in [-0.2, 0) is 11.3 Å². The highest BCUT2D eigenvalue weighted by atomic mass is 16.5. The van der Waals surface area contributed by atoms with Crippen molar-refractivity contribution in [1.82, 2.24) is 25.2 Å². The Bertz CT molecular complexity index is 556. The first kappa shape index (κ1) is 14.2. The van der Waals surface area contributed by atoms with E-state index in [1.807, 2.05) is 30.3 Å². The van der Waals surface area contributed by atoms with E-state index in [4.69, 9.17) is 4.74 Å². The van der Waals surface area contributed by atoms with Crippen molar-refractivity contribution < 1.29 is 4.74 Å². The number of morpholine rings is 1. The van der Waals surface area contributed by atoms with E-state index in [1.165, 1.54) is 0 Å². The second kappa shape index (κ2) is 6.80. The number of hydrogen-bond donors (Lipinski definition) is 1. The standard InChI is InChI=1S/C15H21N5O/c1-19-7-8-21-15(12-19)11-16-9-13-10-17-20(18-13)14-5-3-2-4-6-14/h2-6,10,15-16H,7-9,11-12H2,1H3/t15-/m0/s1. The molecule has 1 saturated heterocycles. The molecule has 0 amide bonds. The summed E-state index contributed by atoms with van der Waals surface area (Å²) in [5.74, 6) is 0. The van der Waals surface area contributed by atoms with Crippen molar-refractivity contribution in [2.45, 2.75) is 12.6 Å². The van der Waals surface area contributed by atoms with Gasteiger partial charge in [0.25, 0.3) is 0 Å². The minimum atomic E-state index is 0.257. The molecule has 6 heteroatoms. The third-order valence-corrected chi connectivity index (χ3v) is 3.55.